The van der Waals surface area contributed by atoms with Gasteiger partial charge in [-0.15, -0.1) is 0 Å². The summed E-state index contributed by atoms with van der Waals surface area (Å²) in [6.07, 6.45) is 1.47. The number of anilines is 2. The lowest BCUT2D eigenvalue weighted by atomic mass is 10.1. The maximum Gasteiger partial charge on any atom is 0.240 e. The van der Waals surface area contributed by atoms with Crippen LogP contribution >= 0.6 is 0 Å². The minimum atomic E-state index is -0.674. The number of hydrogen-bond donors (Lipinski definition) is 3. The predicted molar refractivity (Wildman–Crippen MR) is 88.8 cm³/mol. The zero-order chi connectivity index (χ0) is 17.2. The van der Waals surface area contributed by atoms with E-state index >= 15 is 0 Å². The van der Waals surface area contributed by atoms with Gasteiger partial charge in [0.05, 0.1) is 16.8 Å². The topological polar surface area (TPSA) is 90.9 Å². The van der Waals surface area contributed by atoms with E-state index < -0.39 is 11.4 Å². The summed E-state index contributed by atoms with van der Waals surface area (Å²) in [6.45, 7) is 0.404. The fourth-order valence-corrected chi connectivity index (χ4v) is 2.30. The minimum absolute atomic E-state index is 0.122. The molecule has 3 rings (SSSR count). The number of hydrogen-bond acceptors (Lipinski definition) is 4. The molecule has 5 nitrogen and oxygen atoms in total. The van der Waals surface area contributed by atoms with Crippen molar-refractivity contribution >= 4 is 17.3 Å². The first kappa shape index (κ1) is 16.0. The second-order valence-corrected chi connectivity index (χ2v) is 5.96. The molecule has 1 fully saturated rings. The standard InChI is InChI=1S/C18H17FN4O/c19-14-4-3-13(10-20)16(9-14)23-15-5-1-12(2-6-15)11-22-17(24)18(21)7-8-18/h1-6,9,23H,7-8,11,21H2,(H,22,24). The second-order valence-electron chi connectivity index (χ2n) is 5.96. The van der Waals surface area contributed by atoms with Crippen LogP contribution < -0.4 is 16.4 Å². The molecule has 4 N–H and O–H groups in total. The molecule has 2 aromatic carbocycles. The molecular formula is C18H17FN4O. The van der Waals surface area contributed by atoms with Crippen molar-refractivity contribution in [3.63, 3.8) is 0 Å². The first-order chi connectivity index (χ1) is 11.5. The van der Waals surface area contributed by atoms with Crippen LogP contribution in [0.2, 0.25) is 0 Å². The van der Waals surface area contributed by atoms with Gasteiger partial charge in [-0.3, -0.25) is 4.79 Å². The molecule has 0 atom stereocenters. The molecule has 0 bridgehead atoms. The third-order valence-corrected chi connectivity index (χ3v) is 4.03. The zero-order valence-electron chi connectivity index (χ0n) is 13.0. The Morgan fingerprint density at radius 3 is 2.58 bits per heavy atom. The number of nitrogens with two attached hydrogens (primary N) is 1. The summed E-state index contributed by atoms with van der Waals surface area (Å²) in [7, 11) is 0. The van der Waals surface area contributed by atoms with Gasteiger partial charge >= 0.3 is 0 Å². The lowest BCUT2D eigenvalue weighted by molar-refractivity contribution is -0.123. The van der Waals surface area contributed by atoms with Gasteiger partial charge in [0.2, 0.25) is 5.91 Å². The second kappa shape index (κ2) is 6.30. The van der Waals surface area contributed by atoms with Gasteiger partial charge in [0.25, 0.3) is 0 Å². The number of amides is 1. The van der Waals surface area contributed by atoms with Crippen molar-refractivity contribution in [3.05, 3.63) is 59.4 Å². The Hall–Kier alpha value is -2.91. The highest BCUT2D eigenvalue weighted by atomic mass is 19.1. The van der Waals surface area contributed by atoms with Crippen molar-refractivity contribution in [2.24, 2.45) is 5.73 Å². The van der Waals surface area contributed by atoms with Crippen LogP contribution in [-0.4, -0.2) is 11.4 Å². The lowest BCUT2D eigenvalue weighted by Crippen LogP contribution is -2.42. The van der Waals surface area contributed by atoms with Crippen molar-refractivity contribution in [1.29, 1.82) is 5.26 Å². The van der Waals surface area contributed by atoms with Gasteiger partial charge in [-0.25, -0.2) is 4.39 Å². The normalized spacial score (nSPS) is 14.5. The Morgan fingerprint density at radius 2 is 1.96 bits per heavy atom. The number of nitriles is 1. The summed E-state index contributed by atoms with van der Waals surface area (Å²) >= 11 is 0. The van der Waals surface area contributed by atoms with Crippen molar-refractivity contribution in [2.45, 2.75) is 24.9 Å². The Morgan fingerprint density at radius 1 is 1.25 bits per heavy atom. The third-order valence-electron chi connectivity index (χ3n) is 4.03. The van der Waals surface area contributed by atoms with E-state index in [0.717, 1.165) is 24.1 Å². The monoisotopic (exact) mass is 324 g/mol. The molecule has 0 aliphatic heterocycles. The van der Waals surface area contributed by atoms with E-state index in [2.05, 4.69) is 10.6 Å². The summed E-state index contributed by atoms with van der Waals surface area (Å²) in [4.78, 5) is 11.8. The van der Waals surface area contributed by atoms with Crippen LogP contribution in [-0.2, 0) is 11.3 Å². The molecule has 1 aliphatic carbocycles. The first-order valence-electron chi connectivity index (χ1n) is 7.63. The Balaban J connectivity index is 1.64. The van der Waals surface area contributed by atoms with Crippen molar-refractivity contribution < 1.29 is 9.18 Å². The van der Waals surface area contributed by atoms with Gasteiger partial charge < -0.3 is 16.4 Å². The average Bonchev–Trinajstić information content (AvgIpc) is 3.33. The van der Waals surface area contributed by atoms with Crippen molar-refractivity contribution in [1.82, 2.24) is 5.32 Å². The lowest BCUT2D eigenvalue weighted by Gasteiger charge is -2.11. The summed E-state index contributed by atoms with van der Waals surface area (Å²) in [6, 6.07) is 13.3. The van der Waals surface area contributed by atoms with Crippen LogP contribution in [0.1, 0.15) is 24.0 Å². The number of rotatable bonds is 5. The van der Waals surface area contributed by atoms with Gasteiger partial charge in [0.1, 0.15) is 11.9 Å². The van der Waals surface area contributed by atoms with Crippen LogP contribution in [0.4, 0.5) is 15.8 Å². The largest absolute Gasteiger partial charge is 0.354 e. The summed E-state index contributed by atoms with van der Waals surface area (Å²) in [5, 5.41) is 14.9. The Bertz CT molecular complexity index is 807. The predicted octanol–water partition coefficient (Wildman–Crippen LogP) is 2.55. The van der Waals surface area contributed by atoms with Crippen molar-refractivity contribution in [3.8, 4) is 6.07 Å². The number of nitrogens with one attached hydrogen (secondary N) is 2. The number of carbonyl (C=O) groups excluding carboxylic acids is 1. The molecule has 1 amide bonds. The number of nitrogens with zero attached hydrogens (tertiary/aromatic N) is 1. The van der Waals surface area contributed by atoms with E-state index in [0.29, 0.717) is 17.8 Å². The molecule has 0 heterocycles. The van der Waals surface area contributed by atoms with Gasteiger partial charge in [-0.1, -0.05) is 12.1 Å². The van der Waals surface area contributed by atoms with Crippen molar-refractivity contribution in [2.75, 3.05) is 5.32 Å². The van der Waals surface area contributed by atoms with E-state index in [1.807, 2.05) is 30.3 Å². The van der Waals surface area contributed by atoms with E-state index in [-0.39, 0.29) is 5.91 Å². The fraction of sp³-hybridized carbons (Fsp3) is 0.222. The van der Waals surface area contributed by atoms with E-state index in [9.17, 15) is 9.18 Å². The van der Waals surface area contributed by atoms with Crippen LogP contribution in [0.25, 0.3) is 0 Å². The SMILES string of the molecule is N#Cc1ccc(F)cc1Nc1ccc(CNC(=O)C2(N)CC2)cc1. The minimum Gasteiger partial charge on any atom is -0.354 e. The number of carbonyl (C=O) groups is 1. The molecule has 6 heteroatoms. The zero-order valence-corrected chi connectivity index (χ0v) is 13.0. The molecule has 0 unspecified atom stereocenters. The molecule has 122 valence electrons. The summed E-state index contributed by atoms with van der Waals surface area (Å²) in [5.74, 6) is -0.533. The third kappa shape index (κ3) is 3.53. The highest BCUT2D eigenvalue weighted by Crippen LogP contribution is 2.32. The highest BCUT2D eigenvalue weighted by Gasteiger charge is 2.45. The Kier molecular flexibility index (Phi) is 4.19. The smallest absolute Gasteiger partial charge is 0.240 e. The van der Waals surface area contributed by atoms with E-state index in [1.54, 1.807) is 0 Å². The molecule has 2 aromatic rings. The molecular weight excluding hydrogens is 307 g/mol. The van der Waals surface area contributed by atoms with Gasteiger partial charge in [0.15, 0.2) is 0 Å². The molecule has 24 heavy (non-hydrogen) atoms. The first-order valence-corrected chi connectivity index (χ1v) is 7.63. The van der Waals surface area contributed by atoms with Gasteiger partial charge in [-0.2, -0.15) is 5.26 Å². The molecule has 0 spiro atoms. The highest BCUT2D eigenvalue weighted by molar-refractivity contribution is 5.88. The Labute approximate surface area is 139 Å². The van der Waals surface area contributed by atoms with Crippen LogP contribution in [0, 0.1) is 17.1 Å². The molecule has 0 radical (unpaired) electrons. The van der Waals surface area contributed by atoms with Crippen LogP contribution in [0.3, 0.4) is 0 Å². The number of halogens is 1. The fourth-order valence-electron chi connectivity index (χ4n) is 2.30. The molecule has 1 aliphatic rings. The number of benzene rings is 2. The summed E-state index contributed by atoms with van der Waals surface area (Å²) < 4.78 is 13.3. The van der Waals surface area contributed by atoms with Crippen LogP contribution in [0.5, 0.6) is 0 Å². The van der Waals surface area contributed by atoms with E-state index in [4.69, 9.17) is 11.0 Å². The van der Waals surface area contributed by atoms with Gasteiger partial charge in [0, 0.05) is 12.2 Å². The molecule has 0 saturated heterocycles. The van der Waals surface area contributed by atoms with Crippen LogP contribution in [0.15, 0.2) is 42.5 Å². The maximum atomic E-state index is 13.3. The van der Waals surface area contributed by atoms with Gasteiger partial charge in [-0.05, 0) is 48.7 Å². The molecule has 0 aromatic heterocycles. The maximum absolute atomic E-state index is 13.3. The quantitative estimate of drug-likeness (QED) is 0.788. The average molecular weight is 324 g/mol. The molecule has 1 saturated carbocycles. The van der Waals surface area contributed by atoms with E-state index in [1.165, 1.54) is 18.2 Å². The summed E-state index contributed by atoms with van der Waals surface area (Å²) in [5.41, 5.74) is 7.59.